The van der Waals surface area contributed by atoms with Crippen LogP contribution in [-0.4, -0.2) is 17.1 Å². The zero-order valence-corrected chi connectivity index (χ0v) is 22.5. The highest BCUT2D eigenvalue weighted by molar-refractivity contribution is 6.01. The zero-order valence-electron chi connectivity index (χ0n) is 22.5. The number of amides is 1. The second-order valence-electron chi connectivity index (χ2n) is 11.1. The van der Waals surface area contributed by atoms with Gasteiger partial charge < -0.3 is 15.2 Å². The topological polar surface area (TPSA) is 58.6 Å². The summed E-state index contributed by atoms with van der Waals surface area (Å²) in [7, 11) is 0. The van der Waals surface area contributed by atoms with Crippen molar-refractivity contribution < 1.29 is 14.6 Å². The van der Waals surface area contributed by atoms with Gasteiger partial charge in [-0.25, -0.2) is 0 Å². The van der Waals surface area contributed by atoms with E-state index in [9.17, 15) is 9.90 Å². The first-order chi connectivity index (χ1) is 16.4. The Hall–Kier alpha value is -3.01. The lowest BCUT2D eigenvalue weighted by Gasteiger charge is -2.32. The Morgan fingerprint density at radius 3 is 2.23 bits per heavy atom. The van der Waals surface area contributed by atoms with Gasteiger partial charge in [0.15, 0.2) is 6.10 Å². The van der Waals surface area contributed by atoms with E-state index >= 15 is 0 Å². The summed E-state index contributed by atoms with van der Waals surface area (Å²) in [4.78, 5) is 13.4. The fourth-order valence-corrected chi connectivity index (χ4v) is 4.17. The van der Waals surface area contributed by atoms with Gasteiger partial charge in [-0.05, 0) is 52.7 Å². The molecular weight excluding hydrogens is 434 g/mol. The predicted molar refractivity (Wildman–Crippen MR) is 147 cm³/mol. The number of anilines is 1. The third kappa shape index (κ3) is 5.63. The standard InChI is InChI=1S/C31H41NO3/c1-9-30(5,6)22-16-18-26(24(19-22)31(7,8)10-2)35-28(20(3)4)29(34)32-25-17-15-21-13-11-12-14-23(21)27(25)33/h11-20,28,33H,9-10H2,1-8H3,(H,32,34). The molecule has 0 spiro atoms. The number of carbonyl (C=O) groups excluding carboxylic acids is 1. The van der Waals surface area contributed by atoms with Gasteiger partial charge in [0.05, 0.1) is 5.69 Å². The summed E-state index contributed by atoms with van der Waals surface area (Å²) in [5.41, 5.74) is 2.72. The van der Waals surface area contributed by atoms with E-state index in [1.165, 1.54) is 5.56 Å². The number of fused-ring (bicyclic) bond motifs is 1. The predicted octanol–water partition coefficient (Wildman–Crippen LogP) is 7.96. The third-order valence-corrected chi connectivity index (χ3v) is 7.53. The fraction of sp³-hybridized carbons (Fsp3) is 0.452. The maximum Gasteiger partial charge on any atom is 0.265 e. The second-order valence-corrected chi connectivity index (χ2v) is 11.1. The van der Waals surface area contributed by atoms with Crippen LogP contribution in [0, 0.1) is 5.92 Å². The number of phenolic OH excluding ortho intramolecular Hbond substituents is 1. The summed E-state index contributed by atoms with van der Waals surface area (Å²) < 4.78 is 6.46. The SMILES string of the molecule is CCC(C)(C)c1ccc(OC(C(=O)Nc2ccc3ccccc3c2O)C(C)C)c(C(C)(C)CC)c1. The van der Waals surface area contributed by atoms with Crippen molar-refractivity contribution in [3.05, 3.63) is 65.7 Å². The van der Waals surface area contributed by atoms with Crippen LogP contribution in [0.25, 0.3) is 10.8 Å². The van der Waals surface area contributed by atoms with Crippen molar-refractivity contribution >= 4 is 22.4 Å². The largest absolute Gasteiger partial charge is 0.505 e. The number of nitrogens with one attached hydrogen (secondary N) is 1. The van der Waals surface area contributed by atoms with Gasteiger partial charge in [0, 0.05) is 10.9 Å². The van der Waals surface area contributed by atoms with Gasteiger partial charge in [-0.1, -0.05) is 97.9 Å². The molecule has 3 aromatic carbocycles. The van der Waals surface area contributed by atoms with Gasteiger partial charge in [0.2, 0.25) is 0 Å². The average molecular weight is 476 g/mol. The molecule has 0 aliphatic heterocycles. The monoisotopic (exact) mass is 475 g/mol. The molecule has 188 valence electrons. The molecule has 0 aliphatic carbocycles. The Morgan fingerprint density at radius 1 is 0.943 bits per heavy atom. The minimum atomic E-state index is -0.711. The van der Waals surface area contributed by atoms with Crippen molar-refractivity contribution in [1.29, 1.82) is 0 Å². The Balaban J connectivity index is 1.95. The Kier molecular flexibility index (Phi) is 7.83. The molecule has 4 nitrogen and oxygen atoms in total. The van der Waals surface area contributed by atoms with Crippen LogP contribution < -0.4 is 10.1 Å². The van der Waals surface area contributed by atoms with Crippen molar-refractivity contribution in [1.82, 2.24) is 0 Å². The van der Waals surface area contributed by atoms with Crippen LogP contribution in [0.4, 0.5) is 5.69 Å². The molecule has 0 saturated carbocycles. The molecule has 0 saturated heterocycles. The van der Waals surface area contributed by atoms with E-state index in [4.69, 9.17) is 4.74 Å². The number of benzene rings is 3. The van der Waals surface area contributed by atoms with E-state index in [1.54, 1.807) is 6.07 Å². The molecule has 0 heterocycles. The van der Waals surface area contributed by atoms with E-state index in [2.05, 4.69) is 59.0 Å². The molecule has 0 aromatic heterocycles. The van der Waals surface area contributed by atoms with Crippen molar-refractivity contribution in [2.75, 3.05) is 5.32 Å². The molecule has 0 aliphatic rings. The number of ether oxygens (including phenoxy) is 1. The highest BCUT2D eigenvalue weighted by Gasteiger charge is 2.31. The van der Waals surface area contributed by atoms with E-state index in [-0.39, 0.29) is 28.4 Å². The Morgan fingerprint density at radius 2 is 1.60 bits per heavy atom. The van der Waals surface area contributed by atoms with Gasteiger partial charge in [0.25, 0.3) is 5.91 Å². The van der Waals surface area contributed by atoms with Gasteiger partial charge in [-0.2, -0.15) is 0 Å². The van der Waals surface area contributed by atoms with Crippen LogP contribution in [-0.2, 0) is 15.6 Å². The van der Waals surface area contributed by atoms with Gasteiger partial charge in [-0.3, -0.25) is 4.79 Å². The first-order valence-electron chi connectivity index (χ1n) is 12.7. The lowest BCUT2D eigenvalue weighted by Crippen LogP contribution is -2.38. The highest BCUT2D eigenvalue weighted by atomic mass is 16.5. The summed E-state index contributed by atoms with van der Waals surface area (Å²) in [5.74, 6) is 0.466. The van der Waals surface area contributed by atoms with Crippen LogP contribution in [0.1, 0.15) is 79.4 Å². The minimum Gasteiger partial charge on any atom is -0.505 e. The second kappa shape index (κ2) is 10.3. The molecular formula is C31H41NO3. The quantitative estimate of drug-likeness (QED) is 0.309. The number of rotatable bonds is 9. The van der Waals surface area contributed by atoms with E-state index < -0.39 is 6.10 Å². The normalized spacial score (nSPS) is 13.2. The van der Waals surface area contributed by atoms with Gasteiger partial charge in [0.1, 0.15) is 11.5 Å². The van der Waals surface area contributed by atoms with Crippen molar-refractivity contribution in [3.8, 4) is 11.5 Å². The lowest BCUT2D eigenvalue weighted by atomic mass is 9.76. The summed E-state index contributed by atoms with van der Waals surface area (Å²) >= 11 is 0. The Labute approximate surface area is 210 Å². The smallest absolute Gasteiger partial charge is 0.265 e. The summed E-state index contributed by atoms with van der Waals surface area (Å²) in [6.45, 7) is 17.3. The minimum absolute atomic E-state index is 0.0551. The first kappa shape index (κ1) is 26.6. The summed E-state index contributed by atoms with van der Waals surface area (Å²) in [5, 5.41) is 15.3. The number of aromatic hydroxyl groups is 1. The summed E-state index contributed by atoms with van der Waals surface area (Å²) in [6.07, 6.45) is 1.27. The van der Waals surface area contributed by atoms with Crippen LogP contribution in [0.15, 0.2) is 54.6 Å². The van der Waals surface area contributed by atoms with Crippen LogP contribution in [0.2, 0.25) is 0 Å². The maximum atomic E-state index is 13.4. The molecule has 0 radical (unpaired) electrons. The zero-order chi connectivity index (χ0) is 26.0. The van der Waals surface area contributed by atoms with E-state index in [1.807, 2.05) is 50.2 Å². The average Bonchev–Trinajstić information content (AvgIpc) is 2.84. The first-order valence-corrected chi connectivity index (χ1v) is 12.7. The van der Waals surface area contributed by atoms with Crippen molar-refractivity contribution in [3.63, 3.8) is 0 Å². The molecule has 1 unspecified atom stereocenters. The maximum absolute atomic E-state index is 13.4. The fourth-order valence-electron chi connectivity index (χ4n) is 4.17. The molecule has 1 atom stereocenters. The van der Waals surface area contributed by atoms with E-state index in [0.717, 1.165) is 29.5 Å². The van der Waals surface area contributed by atoms with E-state index in [0.29, 0.717) is 11.1 Å². The van der Waals surface area contributed by atoms with Crippen LogP contribution in [0.5, 0.6) is 11.5 Å². The van der Waals surface area contributed by atoms with Crippen molar-refractivity contribution in [2.24, 2.45) is 5.92 Å². The molecule has 2 N–H and O–H groups in total. The molecule has 4 heteroatoms. The van der Waals surface area contributed by atoms with Gasteiger partial charge >= 0.3 is 0 Å². The third-order valence-electron chi connectivity index (χ3n) is 7.53. The van der Waals surface area contributed by atoms with Crippen LogP contribution >= 0.6 is 0 Å². The molecule has 0 bridgehead atoms. The number of hydrogen-bond donors (Lipinski definition) is 2. The van der Waals surface area contributed by atoms with Crippen molar-refractivity contribution in [2.45, 2.75) is 85.2 Å². The molecule has 35 heavy (non-hydrogen) atoms. The molecule has 3 aromatic rings. The highest BCUT2D eigenvalue weighted by Crippen LogP contribution is 2.39. The molecule has 3 rings (SSSR count). The molecule has 0 fully saturated rings. The number of hydrogen-bond acceptors (Lipinski definition) is 3. The molecule has 1 amide bonds. The lowest BCUT2D eigenvalue weighted by molar-refractivity contribution is -0.124. The number of phenols is 1. The summed E-state index contributed by atoms with van der Waals surface area (Å²) in [6, 6.07) is 17.6. The Bertz CT molecular complexity index is 1190. The van der Waals surface area contributed by atoms with Gasteiger partial charge in [-0.15, -0.1) is 0 Å². The van der Waals surface area contributed by atoms with Crippen LogP contribution in [0.3, 0.4) is 0 Å². The number of carbonyl (C=O) groups is 1.